The minimum atomic E-state index is -0.634. The van der Waals surface area contributed by atoms with Crippen molar-refractivity contribution in [2.45, 2.75) is 20.8 Å². The average Bonchev–Trinajstić information content (AvgIpc) is 3.05. The molecule has 3 rings (SSSR count). The fourth-order valence-electron chi connectivity index (χ4n) is 2.93. The molecule has 1 aromatic heterocycles. The Labute approximate surface area is 172 Å². The number of aryl methyl sites for hydroxylation is 3. The highest BCUT2D eigenvalue weighted by atomic mass is 16.6. The molecule has 0 spiro atoms. The molecule has 1 N–H and O–H groups in total. The number of anilines is 1. The lowest BCUT2D eigenvalue weighted by molar-refractivity contribution is -0.384. The number of esters is 1. The van der Waals surface area contributed by atoms with E-state index in [-0.39, 0.29) is 5.69 Å². The number of benzene rings is 2. The number of nitrogens with one attached hydrogen (secondary N) is 1. The summed E-state index contributed by atoms with van der Waals surface area (Å²) in [6.45, 7) is 5.00. The van der Waals surface area contributed by atoms with E-state index in [1.165, 1.54) is 18.2 Å². The van der Waals surface area contributed by atoms with Gasteiger partial charge in [-0.1, -0.05) is 0 Å². The Balaban J connectivity index is 1.58. The van der Waals surface area contributed by atoms with Crippen LogP contribution in [0.15, 0.2) is 48.5 Å². The number of aromatic nitrogens is 2. The number of nitro groups is 1. The maximum Gasteiger partial charge on any atom is 0.338 e. The minimum Gasteiger partial charge on any atom is -0.452 e. The van der Waals surface area contributed by atoms with Gasteiger partial charge in [-0.3, -0.25) is 14.9 Å². The SMILES string of the molecule is Cc1cc(C)n(-c2ccc(C(=O)OCC(=O)Nc3ccc([N+](=O)[O-])cc3C)cc2)n1. The van der Waals surface area contributed by atoms with Crippen molar-refractivity contribution in [2.75, 3.05) is 11.9 Å². The molecule has 0 bridgehead atoms. The largest absolute Gasteiger partial charge is 0.452 e. The number of rotatable bonds is 6. The van der Waals surface area contributed by atoms with E-state index in [2.05, 4.69) is 10.4 Å². The molecule has 1 amide bonds. The molecule has 0 saturated carbocycles. The lowest BCUT2D eigenvalue weighted by atomic mass is 10.2. The maximum atomic E-state index is 12.2. The van der Waals surface area contributed by atoms with Gasteiger partial charge < -0.3 is 10.1 Å². The second-order valence-electron chi connectivity index (χ2n) is 6.77. The third-order valence-electron chi connectivity index (χ3n) is 4.39. The van der Waals surface area contributed by atoms with Crippen molar-refractivity contribution in [1.29, 1.82) is 0 Å². The van der Waals surface area contributed by atoms with E-state index in [0.717, 1.165) is 17.1 Å². The Bertz CT molecular complexity index is 1120. The van der Waals surface area contributed by atoms with Gasteiger partial charge in [0.15, 0.2) is 6.61 Å². The van der Waals surface area contributed by atoms with E-state index in [9.17, 15) is 19.7 Å². The van der Waals surface area contributed by atoms with Crippen molar-refractivity contribution in [3.8, 4) is 5.69 Å². The first-order chi connectivity index (χ1) is 14.2. The smallest absolute Gasteiger partial charge is 0.338 e. The number of non-ortho nitro benzene ring substituents is 1. The van der Waals surface area contributed by atoms with E-state index in [0.29, 0.717) is 16.8 Å². The third-order valence-corrected chi connectivity index (χ3v) is 4.39. The van der Waals surface area contributed by atoms with E-state index < -0.39 is 23.4 Å². The Morgan fingerprint density at radius 3 is 2.37 bits per heavy atom. The number of carbonyl (C=O) groups is 2. The van der Waals surface area contributed by atoms with Crippen LogP contribution < -0.4 is 5.32 Å². The van der Waals surface area contributed by atoms with Crippen molar-refractivity contribution in [2.24, 2.45) is 0 Å². The van der Waals surface area contributed by atoms with Gasteiger partial charge in [0.2, 0.25) is 0 Å². The molecule has 9 nitrogen and oxygen atoms in total. The number of ether oxygens (including phenoxy) is 1. The van der Waals surface area contributed by atoms with E-state index in [1.807, 2.05) is 19.9 Å². The Morgan fingerprint density at radius 2 is 1.80 bits per heavy atom. The first-order valence-electron chi connectivity index (χ1n) is 9.10. The van der Waals surface area contributed by atoms with Crippen LogP contribution in [-0.4, -0.2) is 33.2 Å². The number of hydrogen-bond acceptors (Lipinski definition) is 6. The molecule has 1 heterocycles. The summed E-state index contributed by atoms with van der Waals surface area (Å²) >= 11 is 0. The average molecular weight is 408 g/mol. The van der Waals surface area contributed by atoms with Crippen molar-refractivity contribution in [3.05, 3.63) is 81.2 Å². The molecule has 2 aromatic carbocycles. The lowest BCUT2D eigenvalue weighted by Crippen LogP contribution is -2.21. The number of carbonyl (C=O) groups excluding carboxylic acids is 2. The van der Waals surface area contributed by atoms with Crippen LogP contribution in [0.4, 0.5) is 11.4 Å². The molecule has 0 radical (unpaired) electrons. The van der Waals surface area contributed by atoms with Gasteiger partial charge in [0.05, 0.1) is 21.9 Å². The van der Waals surface area contributed by atoms with Gasteiger partial charge >= 0.3 is 5.97 Å². The van der Waals surface area contributed by atoms with E-state index in [4.69, 9.17) is 4.74 Å². The Morgan fingerprint density at radius 1 is 1.10 bits per heavy atom. The molecule has 30 heavy (non-hydrogen) atoms. The Kier molecular flexibility index (Phi) is 5.91. The second-order valence-corrected chi connectivity index (χ2v) is 6.77. The second kappa shape index (κ2) is 8.56. The van der Waals surface area contributed by atoms with Crippen LogP contribution in [0.5, 0.6) is 0 Å². The fraction of sp³-hybridized carbons (Fsp3) is 0.190. The highest BCUT2D eigenvalue weighted by Gasteiger charge is 2.13. The van der Waals surface area contributed by atoms with Gasteiger partial charge in [-0.2, -0.15) is 5.10 Å². The number of hydrogen-bond donors (Lipinski definition) is 1. The molecular formula is C21H20N4O5. The third kappa shape index (κ3) is 4.69. The predicted molar refractivity (Wildman–Crippen MR) is 110 cm³/mol. The molecule has 0 aliphatic heterocycles. The van der Waals surface area contributed by atoms with Gasteiger partial charge in [-0.25, -0.2) is 9.48 Å². The predicted octanol–water partition coefficient (Wildman–Crippen LogP) is 3.50. The fourth-order valence-corrected chi connectivity index (χ4v) is 2.93. The number of amides is 1. The van der Waals surface area contributed by atoms with Crippen LogP contribution in [0.1, 0.15) is 27.3 Å². The van der Waals surface area contributed by atoms with E-state index >= 15 is 0 Å². The van der Waals surface area contributed by atoms with Gasteiger partial charge in [-0.15, -0.1) is 0 Å². The lowest BCUT2D eigenvalue weighted by Gasteiger charge is -2.09. The van der Waals surface area contributed by atoms with Crippen molar-refractivity contribution < 1.29 is 19.2 Å². The molecule has 3 aromatic rings. The molecule has 0 fully saturated rings. The monoisotopic (exact) mass is 408 g/mol. The summed E-state index contributed by atoms with van der Waals surface area (Å²) in [6, 6.07) is 12.7. The van der Waals surface area contributed by atoms with Crippen LogP contribution in [0.2, 0.25) is 0 Å². The molecule has 0 unspecified atom stereocenters. The van der Waals surface area contributed by atoms with E-state index in [1.54, 1.807) is 35.9 Å². The highest BCUT2D eigenvalue weighted by molar-refractivity contribution is 5.96. The summed E-state index contributed by atoms with van der Waals surface area (Å²) in [5.74, 6) is -1.18. The van der Waals surface area contributed by atoms with Crippen molar-refractivity contribution in [3.63, 3.8) is 0 Å². The van der Waals surface area contributed by atoms with Crippen LogP contribution in [0.25, 0.3) is 5.69 Å². The summed E-state index contributed by atoms with van der Waals surface area (Å²) in [7, 11) is 0. The highest BCUT2D eigenvalue weighted by Crippen LogP contribution is 2.21. The van der Waals surface area contributed by atoms with Crippen LogP contribution >= 0.6 is 0 Å². The van der Waals surface area contributed by atoms with Crippen LogP contribution in [0.3, 0.4) is 0 Å². The molecule has 0 aliphatic carbocycles. The van der Waals surface area contributed by atoms with Gasteiger partial charge in [0.1, 0.15) is 0 Å². The number of nitro benzene ring substituents is 1. The van der Waals surface area contributed by atoms with Crippen LogP contribution in [-0.2, 0) is 9.53 Å². The summed E-state index contributed by atoms with van der Waals surface area (Å²) in [6.07, 6.45) is 0. The quantitative estimate of drug-likeness (QED) is 0.379. The maximum absolute atomic E-state index is 12.2. The molecule has 0 aliphatic rings. The minimum absolute atomic E-state index is 0.0687. The molecular weight excluding hydrogens is 388 g/mol. The summed E-state index contributed by atoms with van der Waals surface area (Å²) in [5, 5.41) is 17.7. The zero-order valence-electron chi connectivity index (χ0n) is 16.7. The molecule has 0 atom stereocenters. The summed E-state index contributed by atoms with van der Waals surface area (Å²) < 4.78 is 6.82. The van der Waals surface area contributed by atoms with Gasteiger partial charge in [0, 0.05) is 23.5 Å². The number of nitrogens with zero attached hydrogens (tertiary/aromatic N) is 3. The first-order valence-corrected chi connectivity index (χ1v) is 9.10. The first kappa shape index (κ1) is 20.7. The zero-order valence-corrected chi connectivity index (χ0v) is 16.7. The van der Waals surface area contributed by atoms with Gasteiger partial charge in [0.25, 0.3) is 11.6 Å². The van der Waals surface area contributed by atoms with Crippen molar-refractivity contribution in [1.82, 2.24) is 9.78 Å². The molecule has 154 valence electrons. The summed E-state index contributed by atoms with van der Waals surface area (Å²) in [4.78, 5) is 34.5. The van der Waals surface area contributed by atoms with Crippen molar-refractivity contribution >= 4 is 23.3 Å². The zero-order chi connectivity index (χ0) is 21.8. The molecule has 0 saturated heterocycles. The topological polar surface area (TPSA) is 116 Å². The molecule has 9 heteroatoms. The van der Waals surface area contributed by atoms with Gasteiger partial charge in [-0.05, 0) is 62.7 Å². The Hall–Kier alpha value is -4.01. The normalized spacial score (nSPS) is 10.5. The standard InChI is InChI=1S/C21H20N4O5/c1-13-10-18(25(28)29)8-9-19(13)22-20(26)12-30-21(27)16-4-6-17(7-5-16)24-15(3)11-14(2)23-24/h4-11H,12H2,1-3H3,(H,22,26). The summed E-state index contributed by atoms with van der Waals surface area (Å²) in [5.41, 5.74) is 3.86. The van der Waals surface area contributed by atoms with Crippen LogP contribution in [0, 0.1) is 30.9 Å².